The number of rotatable bonds is 3. The minimum absolute atomic E-state index is 0.00982. The van der Waals surface area contributed by atoms with E-state index in [1.165, 1.54) is 0 Å². The number of esters is 1. The van der Waals surface area contributed by atoms with Crippen LogP contribution in [0.2, 0.25) is 0 Å². The monoisotopic (exact) mass is 380 g/mol. The molecule has 6 nitrogen and oxygen atoms in total. The van der Waals surface area contributed by atoms with Crippen molar-refractivity contribution in [2.45, 2.75) is 101 Å². The average molecular weight is 380 g/mol. The molecule has 0 amide bonds. The quantitative estimate of drug-likeness (QED) is 0.701. The maximum absolute atomic E-state index is 12.6. The summed E-state index contributed by atoms with van der Waals surface area (Å²) >= 11 is 0. The van der Waals surface area contributed by atoms with Gasteiger partial charge in [-0.3, -0.25) is 4.79 Å². The van der Waals surface area contributed by atoms with E-state index < -0.39 is 34.5 Å². The summed E-state index contributed by atoms with van der Waals surface area (Å²) < 4.78 is 32.5. The summed E-state index contributed by atoms with van der Waals surface area (Å²) in [6.07, 6.45) is 3.28. The molecule has 6 heteroatoms. The number of hydrogen-bond acceptors (Lipinski definition) is 6. The Morgan fingerprint density at radius 3 is 2.56 bits per heavy atom. The second-order valence-corrected chi connectivity index (χ2v) is 9.68. The molecule has 2 aliphatic carbocycles. The Hall–Kier alpha value is -0.690. The lowest BCUT2D eigenvalue weighted by molar-refractivity contribution is -0.440. The van der Waals surface area contributed by atoms with Gasteiger partial charge in [0.25, 0.3) is 5.97 Å². The Bertz CT molecular complexity index is 696. The molecular formula is C21H32O6. The molecule has 3 aliphatic heterocycles. The SMILES string of the molecule is CCC1CC(=O)OC2C(C)(OC)C34CC(C)CC3C3(CC)OC(C)(O4)OC123. The lowest BCUT2D eigenvalue weighted by Crippen LogP contribution is -2.85. The van der Waals surface area contributed by atoms with Crippen molar-refractivity contribution in [3.8, 4) is 0 Å². The predicted molar refractivity (Wildman–Crippen MR) is 95.7 cm³/mol. The van der Waals surface area contributed by atoms with Crippen molar-refractivity contribution >= 4 is 5.97 Å². The third-order valence-corrected chi connectivity index (χ3v) is 8.61. The molecule has 0 radical (unpaired) electrons. The van der Waals surface area contributed by atoms with Gasteiger partial charge in [-0.05, 0) is 38.5 Å². The molecule has 1 spiro atoms. The molecule has 3 heterocycles. The number of carbonyl (C=O) groups is 1. The summed E-state index contributed by atoms with van der Waals surface area (Å²) in [7, 11) is 1.71. The highest BCUT2D eigenvalue weighted by molar-refractivity contribution is 5.72. The first-order valence-corrected chi connectivity index (χ1v) is 10.5. The van der Waals surface area contributed by atoms with Gasteiger partial charge in [0.1, 0.15) is 22.4 Å². The lowest BCUT2D eigenvalue weighted by atomic mass is 9.48. The summed E-state index contributed by atoms with van der Waals surface area (Å²) in [5.41, 5.74) is -2.66. The van der Waals surface area contributed by atoms with Gasteiger partial charge in [-0.2, -0.15) is 0 Å². The molecule has 27 heavy (non-hydrogen) atoms. The summed E-state index contributed by atoms with van der Waals surface area (Å²) in [5, 5.41) is 0. The summed E-state index contributed by atoms with van der Waals surface area (Å²) in [5.74, 6) is -0.678. The van der Waals surface area contributed by atoms with Gasteiger partial charge in [0, 0.05) is 25.9 Å². The molecule has 5 rings (SSSR count). The Labute approximate surface area is 161 Å². The van der Waals surface area contributed by atoms with E-state index in [0.29, 0.717) is 12.3 Å². The van der Waals surface area contributed by atoms with Gasteiger partial charge in [-0.15, -0.1) is 0 Å². The molecule has 152 valence electrons. The van der Waals surface area contributed by atoms with Crippen molar-refractivity contribution in [1.82, 2.24) is 0 Å². The Morgan fingerprint density at radius 1 is 1.19 bits per heavy atom. The highest BCUT2D eigenvalue weighted by Gasteiger charge is 2.91. The molecular weight excluding hydrogens is 348 g/mol. The van der Waals surface area contributed by atoms with Crippen molar-refractivity contribution in [1.29, 1.82) is 0 Å². The normalized spacial score (nSPS) is 60.9. The molecule has 0 aromatic heterocycles. The van der Waals surface area contributed by atoms with Crippen LogP contribution in [0, 0.1) is 17.8 Å². The van der Waals surface area contributed by atoms with Crippen molar-refractivity contribution < 1.29 is 28.5 Å². The minimum atomic E-state index is -1.14. The summed E-state index contributed by atoms with van der Waals surface area (Å²) in [6, 6.07) is 0. The zero-order valence-electron chi connectivity index (χ0n) is 17.3. The number of carbonyl (C=O) groups excluding carboxylic acids is 1. The molecule has 3 bridgehead atoms. The van der Waals surface area contributed by atoms with Crippen LogP contribution in [-0.2, 0) is 28.5 Å². The van der Waals surface area contributed by atoms with E-state index in [1.807, 2.05) is 6.92 Å². The Kier molecular flexibility index (Phi) is 3.45. The van der Waals surface area contributed by atoms with Crippen LogP contribution in [0.1, 0.15) is 66.7 Å². The second kappa shape index (κ2) is 5.07. The van der Waals surface area contributed by atoms with E-state index in [1.54, 1.807) is 7.11 Å². The van der Waals surface area contributed by atoms with Crippen LogP contribution in [0.15, 0.2) is 0 Å². The fraction of sp³-hybridized carbons (Fsp3) is 0.952. The molecule has 0 aromatic rings. The topological polar surface area (TPSA) is 63.2 Å². The molecule has 0 N–H and O–H groups in total. The predicted octanol–water partition coefficient (Wildman–Crippen LogP) is 3.17. The molecule has 0 aromatic carbocycles. The van der Waals surface area contributed by atoms with Crippen LogP contribution in [0.5, 0.6) is 0 Å². The average Bonchev–Trinajstić information content (AvgIpc) is 3.06. The third-order valence-electron chi connectivity index (χ3n) is 8.61. The van der Waals surface area contributed by atoms with E-state index in [2.05, 4.69) is 27.7 Å². The summed E-state index contributed by atoms with van der Waals surface area (Å²) in [6.45, 7) is 10.5. The fourth-order valence-electron chi connectivity index (χ4n) is 7.81. The fourth-order valence-corrected chi connectivity index (χ4v) is 7.81. The standard InChI is InChI=1S/C21H32O6/c1-7-13-10-15(22)24-16-17(4,23-6)20-11-12(3)9-14(20)19(8-2)21(13,16)27-18(5,25-19)26-20/h12-14,16H,7-11H2,1-6H3. The molecule has 9 atom stereocenters. The molecule has 5 fully saturated rings. The zero-order valence-corrected chi connectivity index (χ0v) is 17.3. The molecule has 2 saturated carbocycles. The van der Waals surface area contributed by atoms with Gasteiger partial charge >= 0.3 is 5.97 Å². The van der Waals surface area contributed by atoms with Gasteiger partial charge in [0.2, 0.25) is 0 Å². The van der Waals surface area contributed by atoms with Gasteiger partial charge < -0.3 is 23.7 Å². The van der Waals surface area contributed by atoms with Crippen LogP contribution in [0.4, 0.5) is 0 Å². The maximum Gasteiger partial charge on any atom is 0.306 e. The highest BCUT2D eigenvalue weighted by Crippen LogP contribution is 2.75. The molecule has 9 unspecified atom stereocenters. The van der Waals surface area contributed by atoms with Crippen molar-refractivity contribution in [3.05, 3.63) is 0 Å². The highest BCUT2D eigenvalue weighted by atomic mass is 16.9. The van der Waals surface area contributed by atoms with Crippen molar-refractivity contribution in [3.63, 3.8) is 0 Å². The largest absolute Gasteiger partial charge is 0.456 e. The number of ether oxygens (including phenoxy) is 5. The molecule has 5 aliphatic rings. The van der Waals surface area contributed by atoms with E-state index in [-0.39, 0.29) is 17.8 Å². The maximum atomic E-state index is 12.6. The lowest BCUT2D eigenvalue weighted by Gasteiger charge is -2.68. The van der Waals surface area contributed by atoms with E-state index >= 15 is 0 Å². The number of hydrogen-bond donors (Lipinski definition) is 0. The van der Waals surface area contributed by atoms with Crippen LogP contribution >= 0.6 is 0 Å². The second-order valence-electron chi connectivity index (χ2n) is 9.68. The minimum Gasteiger partial charge on any atom is -0.456 e. The zero-order chi connectivity index (χ0) is 19.5. The van der Waals surface area contributed by atoms with Gasteiger partial charge in [0.05, 0.1) is 6.42 Å². The third kappa shape index (κ3) is 1.69. The summed E-state index contributed by atoms with van der Waals surface area (Å²) in [4.78, 5) is 12.6. The Balaban J connectivity index is 1.84. The van der Waals surface area contributed by atoms with Gasteiger partial charge in [-0.1, -0.05) is 20.8 Å². The smallest absolute Gasteiger partial charge is 0.306 e. The molecule has 3 saturated heterocycles. The van der Waals surface area contributed by atoms with E-state index in [4.69, 9.17) is 23.7 Å². The number of fused-ring (bicyclic) bond motifs is 1. The van der Waals surface area contributed by atoms with Crippen molar-refractivity contribution in [2.75, 3.05) is 7.11 Å². The van der Waals surface area contributed by atoms with Crippen LogP contribution < -0.4 is 0 Å². The van der Waals surface area contributed by atoms with Crippen LogP contribution in [0.25, 0.3) is 0 Å². The number of methoxy groups -OCH3 is 1. The van der Waals surface area contributed by atoms with E-state index in [0.717, 1.165) is 25.7 Å². The first-order chi connectivity index (χ1) is 12.7. The van der Waals surface area contributed by atoms with Crippen LogP contribution in [0.3, 0.4) is 0 Å². The first-order valence-electron chi connectivity index (χ1n) is 10.5. The van der Waals surface area contributed by atoms with E-state index in [9.17, 15) is 4.79 Å². The first kappa shape index (κ1) is 18.3. The van der Waals surface area contributed by atoms with Crippen molar-refractivity contribution in [2.24, 2.45) is 17.8 Å². The van der Waals surface area contributed by atoms with Crippen LogP contribution in [-0.4, -0.2) is 47.6 Å². The van der Waals surface area contributed by atoms with Gasteiger partial charge in [0.15, 0.2) is 6.10 Å². The van der Waals surface area contributed by atoms with Gasteiger partial charge in [-0.25, -0.2) is 0 Å². The Morgan fingerprint density at radius 2 is 1.93 bits per heavy atom.